The SMILES string of the molecule is [I-].c1ccc([S+]2c3ccccc3Nc3ccccc32)cc1. The number of nitrogens with one attached hydrogen (secondary N) is 1. The molecule has 3 aromatic carbocycles. The molecule has 0 unspecified atom stereocenters. The predicted octanol–water partition coefficient (Wildman–Crippen LogP) is 1.84. The zero-order valence-electron chi connectivity index (χ0n) is 11.3. The van der Waals surface area contributed by atoms with Crippen LogP contribution >= 0.6 is 0 Å². The molecule has 0 aliphatic carbocycles. The second-order valence-electron chi connectivity index (χ2n) is 4.74. The van der Waals surface area contributed by atoms with Gasteiger partial charge in [-0.25, -0.2) is 0 Å². The van der Waals surface area contributed by atoms with Crippen LogP contribution in [0.5, 0.6) is 0 Å². The van der Waals surface area contributed by atoms with Crippen LogP contribution in [0, 0.1) is 0 Å². The maximum Gasteiger partial charge on any atom is 0.190 e. The molecule has 0 saturated carbocycles. The maximum absolute atomic E-state index is 3.55. The van der Waals surface area contributed by atoms with Crippen LogP contribution in [0.1, 0.15) is 0 Å². The molecular weight excluding hydrogens is 389 g/mol. The molecule has 3 heteroatoms. The predicted molar refractivity (Wildman–Crippen MR) is 84.8 cm³/mol. The molecule has 0 saturated heterocycles. The Morgan fingerprint density at radius 3 is 1.62 bits per heavy atom. The average molecular weight is 403 g/mol. The molecular formula is C18H14INS. The van der Waals surface area contributed by atoms with Crippen LogP contribution < -0.4 is 29.3 Å². The highest BCUT2D eigenvalue weighted by atomic mass is 127. The Balaban J connectivity index is 0.00000132. The van der Waals surface area contributed by atoms with E-state index in [9.17, 15) is 0 Å². The standard InChI is InChI=1S/C18H14NS.HI/c1-2-8-14(9-3-1)20-17-12-6-4-10-15(17)19-16-11-5-7-13-18(16)20;/h1-13,19H;1H/q+1;/p-1. The molecule has 1 aliphatic rings. The van der Waals surface area contributed by atoms with E-state index < -0.39 is 0 Å². The lowest BCUT2D eigenvalue weighted by atomic mass is 10.2. The molecule has 1 N–H and O–H groups in total. The molecule has 21 heavy (non-hydrogen) atoms. The Labute approximate surface area is 144 Å². The minimum atomic E-state index is -0.0204. The molecule has 1 heterocycles. The van der Waals surface area contributed by atoms with Crippen LogP contribution in [0.15, 0.2) is 93.5 Å². The summed E-state index contributed by atoms with van der Waals surface area (Å²) in [6.45, 7) is 0. The van der Waals surface area contributed by atoms with Crippen molar-refractivity contribution >= 4 is 22.3 Å². The second-order valence-corrected chi connectivity index (χ2v) is 6.70. The van der Waals surface area contributed by atoms with Crippen LogP contribution in [0.25, 0.3) is 0 Å². The van der Waals surface area contributed by atoms with Gasteiger partial charge in [-0.3, -0.25) is 0 Å². The molecule has 0 fully saturated rings. The summed E-state index contributed by atoms with van der Waals surface area (Å²) in [5.74, 6) is 0. The quantitative estimate of drug-likeness (QED) is 0.378. The van der Waals surface area contributed by atoms with Gasteiger partial charge in [0.05, 0.1) is 11.4 Å². The van der Waals surface area contributed by atoms with E-state index in [2.05, 4.69) is 84.2 Å². The van der Waals surface area contributed by atoms with E-state index in [1.54, 1.807) is 0 Å². The molecule has 0 radical (unpaired) electrons. The van der Waals surface area contributed by atoms with Crippen molar-refractivity contribution in [3.8, 4) is 0 Å². The first kappa shape index (κ1) is 14.5. The van der Waals surface area contributed by atoms with Gasteiger partial charge in [0.1, 0.15) is 10.9 Å². The van der Waals surface area contributed by atoms with Gasteiger partial charge >= 0.3 is 0 Å². The number of hydrogen-bond donors (Lipinski definition) is 1. The van der Waals surface area contributed by atoms with Crippen LogP contribution in [0.3, 0.4) is 0 Å². The zero-order valence-corrected chi connectivity index (χ0v) is 14.3. The molecule has 4 rings (SSSR count). The lowest BCUT2D eigenvalue weighted by Gasteiger charge is -2.20. The van der Waals surface area contributed by atoms with Crippen molar-refractivity contribution in [3.63, 3.8) is 0 Å². The van der Waals surface area contributed by atoms with Gasteiger partial charge < -0.3 is 29.3 Å². The first-order valence-corrected chi connectivity index (χ1v) is 7.90. The van der Waals surface area contributed by atoms with E-state index in [1.807, 2.05) is 0 Å². The summed E-state index contributed by atoms with van der Waals surface area (Å²) >= 11 is 0. The van der Waals surface area contributed by atoms with E-state index >= 15 is 0 Å². The number of halogens is 1. The van der Waals surface area contributed by atoms with Gasteiger partial charge in [-0.15, -0.1) is 0 Å². The number of para-hydroxylation sites is 2. The summed E-state index contributed by atoms with van der Waals surface area (Å²) in [7, 11) is -0.0204. The van der Waals surface area contributed by atoms with E-state index in [0.717, 1.165) is 0 Å². The first-order valence-electron chi connectivity index (χ1n) is 6.68. The third-order valence-corrected chi connectivity index (χ3v) is 5.80. The van der Waals surface area contributed by atoms with Crippen molar-refractivity contribution in [2.45, 2.75) is 14.7 Å². The Morgan fingerprint density at radius 2 is 1.05 bits per heavy atom. The lowest BCUT2D eigenvalue weighted by Crippen LogP contribution is -3.00. The van der Waals surface area contributed by atoms with E-state index in [0.29, 0.717) is 0 Å². The number of anilines is 2. The number of fused-ring (bicyclic) bond motifs is 2. The summed E-state index contributed by atoms with van der Waals surface area (Å²) in [4.78, 5) is 4.11. The normalized spacial score (nSPS) is 12.6. The van der Waals surface area contributed by atoms with Crippen LogP contribution in [-0.2, 0) is 10.9 Å². The van der Waals surface area contributed by atoms with Gasteiger partial charge in [0.25, 0.3) is 0 Å². The van der Waals surface area contributed by atoms with Crippen molar-refractivity contribution in [1.82, 2.24) is 0 Å². The van der Waals surface area contributed by atoms with Gasteiger partial charge in [0, 0.05) is 0 Å². The van der Waals surface area contributed by atoms with Gasteiger partial charge in [-0.2, -0.15) is 0 Å². The topological polar surface area (TPSA) is 12.0 Å². The van der Waals surface area contributed by atoms with Gasteiger partial charge in [-0.1, -0.05) is 42.5 Å². The molecule has 3 aromatic rings. The average Bonchev–Trinajstić information content (AvgIpc) is 2.53. The Hall–Kier alpha value is -1.46. The van der Waals surface area contributed by atoms with E-state index in [1.165, 1.54) is 26.1 Å². The molecule has 1 aliphatic heterocycles. The number of benzene rings is 3. The van der Waals surface area contributed by atoms with Crippen LogP contribution in [0.2, 0.25) is 0 Å². The fourth-order valence-electron chi connectivity index (χ4n) is 2.57. The van der Waals surface area contributed by atoms with Gasteiger partial charge in [0.2, 0.25) is 0 Å². The molecule has 0 bridgehead atoms. The van der Waals surface area contributed by atoms with Crippen molar-refractivity contribution in [3.05, 3.63) is 78.9 Å². The largest absolute Gasteiger partial charge is 1.00 e. The Morgan fingerprint density at radius 1 is 0.571 bits per heavy atom. The minimum absolute atomic E-state index is 0. The highest BCUT2D eigenvalue weighted by Crippen LogP contribution is 2.43. The number of hydrogen-bond acceptors (Lipinski definition) is 1. The van der Waals surface area contributed by atoms with Crippen molar-refractivity contribution in [1.29, 1.82) is 0 Å². The van der Waals surface area contributed by atoms with Crippen molar-refractivity contribution in [2.75, 3.05) is 5.32 Å². The van der Waals surface area contributed by atoms with E-state index in [4.69, 9.17) is 0 Å². The third kappa shape index (κ3) is 2.56. The van der Waals surface area contributed by atoms with Crippen molar-refractivity contribution in [2.24, 2.45) is 0 Å². The van der Waals surface area contributed by atoms with Gasteiger partial charge in [-0.05, 0) is 36.4 Å². The highest BCUT2D eigenvalue weighted by Gasteiger charge is 2.36. The Kier molecular flexibility index (Phi) is 4.22. The smallest absolute Gasteiger partial charge is 0.190 e. The van der Waals surface area contributed by atoms with Crippen LogP contribution in [0.4, 0.5) is 11.4 Å². The molecule has 0 amide bonds. The van der Waals surface area contributed by atoms with E-state index in [-0.39, 0.29) is 34.9 Å². The van der Waals surface area contributed by atoms with Crippen LogP contribution in [-0.4, -0.2) is 0 Å². The van der Waals surface area contributed by atoms with Gasteiger partial charge in [0.15, 0.2) is 14.7 Å². The molecule has 0 aromatic heterocycles. The highest BCUT2D eigenvalue weighted by molar-refractivity contribution is 7.97. The lowest BCUT2D eigenvalue weighted by molar-refractivity contribution is -0.00000387. The molecule has 0 atom stereocenters. The summed E-state index contributed by atoms with van der Waals surface area (Å²) in [5, 5.41) is 3.55. The minimum Gasteiger partial charge on any atom is -1.00 e. The Bertz CT molecular complexity index is 712. The zero-order chi connectivity index (χ0) is 13.4. The second kappa shape index (κ2) is 6.12. The summed E-state index contributed by atoms with van der Waals surface area (Å²) in [6, 6.07) is 28.0. The molecule has 0 spiro atoms. The first-order chi connectivity index (χ1) is 9.93. The van der Waals surface area contributed by atoms with Crippen molar-refractivity contribution < 1.29 is 24.0 Å². The fraction of sp³-hybridized carbons (Fsp3) is 0. The number of rotatable bonds is 1. The summed E-state index contributed by atoms with van der Waals surface area (Å²) < 4.78 is 0. The third-order valence-electron chi connectivity index (χ3n) is 3.46. The molecule has 104 valence electrons. The summed E-state index contributed by atoms with van der Waals surface area (Å²) in [5.41, 5.74) is 2.44. The fourth-order valence-corrected chi connectivity index (χ4v) is 4.85. The molecule has 1 nitrogen and oxygen atoms in total. The monoisotopic (exact) mass is 403 g/mol. The maximum atomic E-state index is 3.55. The summed E-state index contributed by atoms with van der Waals surface area (Å²) in [6.07, 6.45) is 0.